The molecule has 0 bridgehead atoms. The van der Waals surface area contributed by atoms with Crippen LogP contribution in [-0.2, 0) is 0 Å². The van der Waals surface area contributed by atoms with E-state index in [1.807, 2.05) is 18.2 Å². The van der Waals surface area contributed by atoms with Crippen LogP contribution < -0.4 is 10.5 Å². The molecule has 1 atom stereocenters. The van der Waals surface area contributed by atoms with Gasteiger partial charge in [-0.25, -0.2) is 0 Å². The average Bonchev–Trinajstić information content (AvgIpc) is 2.93. The predicted molar refractivity (Wildman–Crippen MR) is 82.2 cm³/mol. The van der Waals surface area contributed by atoms with Crippen LogP contribution >= 0.6 is 0 Å². The van der Waals surface area contributed by atoms with Crippen molar-refractivity contribution in [3.05, 3.63) is 65.9 Å². The third-order valence-electron chi connectivity index (χ3n) is 3.73. The van der Waals surface area contributed by atoms with Crippen molar-refractivity contribution in [1.29, 1.82) is 0 Å². The van der Waals surface area contributed by atoms with Crippen LogP contribution in [0.5, 0.6) is 5.75 Å². The van der Waals surface area contributed by atoms with Crippen molar-refractivity contribution >= 4 is 10.9 Å². The molecule has 2 aromatic carbocycles. The number of para-hydroxylation sites is 1. The lowest BCUT2D eigenvalue weighted by atomic mass is 9.91. The minimum absolute atomic E-state index is 0.168. The number of fused-ring (bicyclic) bond motifs is 1. The third-order valence-corrected chi connectivity index (χ3v) is 3.73. The smallest absolute Gasteiger partial charge is 0.119 e. The molecule has 0 fully saturated rings. The van der Waals surface area contributed by atoms with Crippen LogP contribution in [0.4, 0.5) is 0 Å². The Morgan fingerprint density at radius 3 is 2.80 bits per heavy atom. The van der Waals surface area contributed by atoms with E-state index in [4.69, 9.17) is 10.5 Å². The van der Waals surface area contributed by atoms with Gasteiger partial charge in [-0.1, -0.05) is 30.3 Å². The Hall–Kier alpha value is -2.26. The van der Waals surface area contributed by atoms with Crippen LogP contribution in [0.1, 0.15) is 17.0 Å². The number of nitrogens with one attached hydrogen (secondary N) is 1. The van der Waals surface area contributed by atoms with Gasteiger partial charge in [0.1, 0.15) is 5.75 Å². The minimum Gasteiger partial charge on any atom is -0.497 e. The van der Waals surface area contributed by atoms with E-state index in [0.717, 1.165) is 11.3 Å². The Kier molecular flexibility index (Phi) is 3.44. The first kappa shape index (κ1) is 12.8. The van der Waals surface area contributed by atoms with Gasteiger partial charge in [0.25, 0.3) is 0 Å². The summed E-state index contributed by atoms with van der Waals surface area (Å²) in [7, 11) is 1.68. The molecule has 1 aromatic heterocycles. The lowest BCUT2D eigenvalue weighted by molar-refractivity contribution is 0.414. The van der Waals surface area contributed by atoms with Gasteiger partial charge in [-0.15, -0.1) is 0 Å². The van der Waals surface area contributed by atoms with Crippen LogP contribution in [0, 0.1) is 0 Å². The minimum atomic E-state index is 0.168. The van der Waals surface area contributed by atoms with E-state index >= 15 is 0 Å². The van der Waals surface area contributed by atoms with E-state index < -0.39 is 0 Å². The highest BCUT2D eigenvalue weighted by atomic mass is 16.5. The topological polar surface area (TPSA) is 51.0 Å². The second kappa shape index (κ2) is 5.39. The van der Waals surface area contributed by atoms with Gasteiger partial charge in [0.05, 0.1) is 7.11 Å². The van der Waals surface area contributed by atoms with Crippen molar-refractivity contribution in [1.82, 2.24) is 4.98 Å². The molecule has 0 unspecified atom stereocenters. The van der Waals surface area contributed by atoms with E-state index in [0.29, 0.717) is 6.54 Å². The monoisotopic (exact) mass is 266 g/mol. The van der Waals surface area contributed by atoms with Crippen molar-refractivity contribution in [2.24, 2.45) is 5.73 Å². The predicted octanol–water partition coefficient (Wildman–Crippen LogP) is 3.27. The first-order chi connectivity index (χ1) is 9.83. The van der Waals surface area contributed by atoms with Crippen molar-refractivity contribution < 1.29 is 4.74 Å². The molecule has 0 amide bonds. The first-order valence-corrected chi connectivity index (χ1v) is 6.73. The second-order valence-corrected chi connectivity index (χ2v) is 4.85. The van der Waals surface area contributed by atoms with Gasteiger partial charge in [-0.2, -0.15) is 0 Å². The molecule has 3 heteroatoms. The molecule has 3 rings (SSSR count). The molecule has 0 radical (unpaired) electrons. The first-order valence-electron chi connectivity index (χ1n) is 6.73. The molecule has 0 aliphatic heterocycles. The van der Waals surface area contributed by atoms with E-state index in [1.165, 1.54) is 16.5 Å². The standard InChI is InChI=1S/C17H18N2O/c1-20-13-6-4-5-12(9-13)15(10-18)16-11-19-17-8-3-2-7-14(16)17/h2-9,11,15,19H,10,18H2,1H3/t15-/m1/s1. The van der Waals surface area contributed by atoms with E-state index in [9.17, 15) is 0 Å². The lowest BCUT2D eigenvalue weighted by Crippen LogP contribution is -2.13. The molecule has 0 spiro atoms. The molecular formula is C17H18N2O. The fourth-order valence-corrected chi connectivity index (χ4v) is 2.68. The summed E-state index contributed by atoms with van der Waals surface area (Å²) in [6, 6.07) is 16.4. The fraction of sp³-hybridized carbons (Fsp3) is 0.176. The number of aromatic amines is 1. The maximum atomic E-state index is 6.02. The van der Waals surface area contributed by atoms with Crippen LogP contribution in [-0.4, -0.2) is 18.6 Å². The summed E-state index contributed by atoms with van der Waals surface area (Å²) >= 11 is 0. The maximum Gasteiger partial charge on any atom is 0.119 e. The summed E-state index contributed by atoms with van der Waals surface area (Å²) in [4.78, 5) is 3.31. The zero-order valence-electron chi connectivity index (χ0n) is 11.5. The van der Waals surface area contributed by atoms with Gasteiger partial charge in [-0.05, 0) is 29.3 Å². The number of nitrogens with two attached hydrogens (primary N) is 1. The maximum absolute atomic E-state index is 6.02. The van der Waals surface area contributed by atoms with Gasteiger partial charge in [-0.3, -0.25) is 0 Å². The highest BCUT2D eigenvalue weighted by molar-refractivity contribution is 5.84. The lowest BCUT2D eigenvalue weighted by Gasteiger charge is -2.15. The van der Waals surface area contributed by atoms with Gasteiger partial charge in [0, 0.05) is 29.6 Å². The zero-order valence-corrected chi connectivity index (χ0v) is 11.5. The number of ether oxygens (including phenoxy) is 1. The number of H-pyrrole nitrogens is 1. The summed E-state index contributed by atoms with van der Waals surface area (Å²) in [5.41, 5.74) is 9.58. The van der Waals surface area contributed by atoms with Crippen molar-refractivity contribution in [3.8, 4) is 5.75 Å². The number of hydrogen-bond donors (Lipinski definition) is 2. The van der Waals surface area contributed by atoms with Crippen LogP contribution in [0.3, 0.4) is 0 Å². The Morgan fingerprint density at radius 1 is 1.15 bits per heavy atom. The summed E-state index contributed by atoms with van der Waals surface area (Å²) < 4.78 is 5.31. The summed E-state index contributed by atoms with van der Waals surface area (Å²) in [6.07, 6.45) is 2.06. The Labute approximate surface area is 118 Å². The summed E-state index contributed by atoms with van der Waals surface area (Å²) in [5.74, 6) is 1.03. The number of rotatable bonds is 4. The highest BCUT2D eigenvalue weighted by Gasteiger charge is 2.16. The van der Waals surface area contributed by atoms with E-state index in [-0.39, 0.29) is 5.92 Å². The molecule has 0 aliphatic carbocycles. The Bertz CT molecular complexity index is 718. The second-order valence-electron chi connectivity index (χ2n) is 4.85. The SMILES string of the molecule is COc1cccc([C@@H](CN)c2c[nH]c3ccccc23)c1. The molecule has 3 N–H and O–H groups in total. The van der Waals surface area contributed by atoms with Crippen molar-refractivity contribution in [2.75, 3.05) is 13.7 Å². The number of hydrogen-bond acceptors (Lipinski definition) is 2. The summed E-state index contributed by atoms with van der Waals surface area (Å²) in [6.45, 7) is 0.564. The molecule has 3 aromatic rings. The Balaban J connectivity index is 2.09. The molecule has 1 heterocycles. The van der Waals surface area contributed by atoms with Crippen molar-refractivity contribution in [3.63, 3.8) is 0 Å². The molecule has 3 nitrogen and oxygen atoms in total. The highest BCUT2D eigenvalue weighted by Crippen LogP contribution is 2.31. The van der Waals surface area contributed by atoms with Gasteiger partial charge < -0.3 is 15.5 Å². The van der Waals surface area contributed by atoms with E-state index in [1.54, 1.807) is 7.11 Å². The van der Waals surface area contributed by atoms with Crippen LogP contribution in [0.15, 0.2) is 54.7 Å². The quantitative estimate of drug-likeness (QED) is 0.761. The van der Waals surface area contributed by atoms with Gasteiger partial charge in [0.2, 0.25) is 0 Å². The molecule has 102 valence electrons. The molecule has 0 aliphatic rings. The Morgan fingerprint density at radius 2 is 2.00 bits per heavy atom. The number of benzene rings is 2. The van der Waals surface area contributed by atoms with Crippen LogP contribution in [0.25, 0.3) is 10.9 Å². The van der Waals surface area contributed by atoms with Gasteiger partial charge >= 0.3 is 0 Å². The largest absolute Gasteiger partial charge is 0.497 e. The van der Waals surface area contributed by atoms with Crippen LogP contribution in [0.2, 0.25) is 0 Å². The normalized spacial score (nSPS) is 12.5. The van der Waals surface area contributed by atoms with Gasteiger partial charge in [0.15, 0.2) is 0 Å². The molecule has 20 heavy (non-hydrogen) atoms. The zero-order chi connectivity index (χ0) is 13.9. The molecule has 0 saturated heterocycles. The van der Waals surface area contributed by atoms with E-state index in [2.05, 4.69) is 41.5 Å². The number of aromatic nitrogens is 1. The fourth-order valence-electron chi connectivity index (χ4n) is 2.68. The number of methoxy groups -OCH3 is 1. The average molecular weight is 266 g/mol. The third kappa shape index (κ3) is 2.17. The van der Waals surface area contributed by atoms with Crippen molar-refractivity contribution in [2.45, 2.75) is 5.92 Å². The molecular weight excluding hydrogens is 248 g/mol. The summed E-state index contributed by atoms with van der Waals surface area (Å²) in [5, 5.41) is 1.23. The molecule has 0 saturated carbocycles.